The third kappa shape index (κ3) is 4.56. The number of nitrogens with zero attached hydrogens (tertiary/aromatic N) is 4. The maximum Gasteiger partial charge on any atom is 0.296 e. The predicted octanol–water partition coefficient (Wildman–Crippen LogP) is 3.98. The molecule has 0 spiro atoms. The molecular formula is C23H23ClN4O3. The molecule has 0 amide bonds. The lowest BCUT2D eigenvalue weighted by Crippen LogP contribution is -2.22. The molecule has 31 heavy (non-hydrogen) atoms. The van der Waals surface area contributed by atoms with Gasteiger partial charge in [0.25, 0.3) is 5.56 Å². The quantitative estimate of drug-likeness (QED) is 0.416. The van der Waals surface area contributed by atoms with Crippen molar-refractivity contribution in [2.75, 3.05) is 13.2 Å². The van der Waals surface area contributed by atoms with Gasteiger partial charge in [0, 0.05) is 23.8 Å². The zero-order valence-electron chi connectivity index (χ0n) is 17.4. The highest BCUT2D eigenvalue weighted by Gasteiger charge is 2.13. The maximum atomic E-state index is 12.9. The van der Waals surface area contributed by atoms with Gasteiger partial charge in [-0.3, -0.25) is 9.20 Å². The fourth-order valence-corrected chi connectivity index (χ4v) is 3.52. The summed E-state index contributed by atoms with van der Waals surface area (Å²) < 4.78 is 14.7. The van der Waals surface area contributed by atoms with Crippen molar-refractivity contribution in [2.45, 2.75) is 26.8 Å². The Morgan fingerprint density at radius 2 is 1.61 bits per heavy atom. The van der Waals surface area contributed by atoms with Crippen molar-refractivity contribution in [1.29, 1.82) is 0 Å². The minimum atomic E-state index is -0.196. The van der Waals surface area contributed by atoms with Gasteiger partial charge in [0.05, 0.1) is 19.8 Å². The van der Waals surface area contributed by atoms with E-state index >= 15 is 0 Å². The van der Waals surface area contributed by atoms with Crippen molar-refractivity contribution in [2.24, 2.45) is 0 Å². The Morgan fingerprint density at radius 1 is 0.903 bits per heavy atom. The molecule has 160 valence electrons. The Labute approximate surface area is 184 Å². The Hall–Kier alpha value is -3.32. The Morgan fingerprint density at radius 3 is 2.35 bits per heavy atom. The van der Waals surface area contributed by atoms with Gasteiger partial charge in [-0.15, -0.1) is 10.2 Å². The highest BCUT2D eigenvalue weighted by molar-refractivity contribution is 6.30. The number of hydrogen-bond donors (Lipinski definition) is 0. The Kier molecular flexibility index (Phi) is 6.23. The van der Waals surface area contributed by atoms with E-state index in [0.29, 0.717) is 54.2 Å². The first-order valence-corrected chi connectivity index (χ1v) is 10.5. The second kappa shape index (κ2) is 9.22. The summed E-state index contributed by atoms with van der Waals surface area (Å²) in [7, 11) is 0. The summed E-state index contributed by atoms with van der Waals surface area (Å²) in [6.45, 7) is 5.42. The highest BCUT2D eigenvalue weighted by Crippen LogP contribution is 2.29. The number of aromatic nitrogens is 4. The third-order valence-electron chi connectivity index (χ3n) is 4.85. The van der Waals surface area contributed by atoms with Crippen LogP contribution in [0.15, 0.2) is 59.7 Å². The molecule has 0 N–H and O–H groups in total. The van der Waals surface area contributed by atoms with E-state index in [1.165, 1.54) is 0 Å². The molecule has 0 radical (unpaired) electrons. The van der Waals surface area contributed by atoms with Gasteiger partial charge in [0.2, 0.25) is 5.65 Å². The van der Waals surface area contributed by atoms with Crippen LogP contribution in [0.5, 0.6) is 11.5 Å². The number of fused-ring (bicyclic) bond motifs is 1. The van der Waals surface area contributed by atoms with Crippen LogP contribution in [-0.2, 0) is 13.0 Å². The lowest BCUT2D eigenvalue weighted by molar-refractivity contribution is 0.287. The van der Waals surface area contributed by atoms with Gasteiger partial charge in [0.1, 0.15) is 5.82 Å². The van der Waals surface area contributed by atoms with Crippen molar-refractivity contribution >= 4 is 17.2 Å². The molecule has 0 fully saturated rings. The second-order valence-electron chi connectivity index (χ2n) is 6.99. The first kappa shape index (κ1) is 20.9. The molecule has 0 saturated heterocycles. The summed E-state index contributed by atoms with van der Waals surface area (Å²) in [5, 5.41) is 9.06. The average Bonchev–Trinajstić information content (AvgIpc) is 3.17. The number of halogens is 1. The van der Waals surface area contributed by atoms with Crippen LogP contribution in [0.4, 0.5) is 0 Å². The average molecular weight is 439 g/mol. The molecule has 0 aliphatic rings. The number of rotatable bonds is 8. The Bertz CT molecular complexity index is 1250. The molecule has 2 aromatic heterocycles. The van der Waals surface area contributed by atoms with Crippen LogP contribution in [0, 0.1) is 0 Å². The third-order valence-corrected chi connectivity index (χ3v) is 5.10. The van der Waals surface area contributed by atoms with E-state index in [0.717, 1.165) is 11.1 Å². The minimum absolute atomic E-state index is 0.196. The topological polar surface area (TPSA) is 70.7 Å². The molecule has 0 aliphatic heterocycles. The van der Waals surface area contributed by atoms with Crippen LogP contribution in [0.25, 0.3) is 5.65 Å². The van der Waals surface area contributed by atoms with Crippen molar-refractivity contribution < 1.29 is 9.47 Å². The van der Waals surface area contributed by atoms with E-state index in [1.54, 1.807) is 15.2 Å². The predicted molar refractivity (Wildman–Crippen MR) is 119 cm³/mol. The molecule has 0 saturated carbocycles. The van der Waals surface area contributed by atoms with Crippen LogP contribution >= 0.6 is 11.6 Å². The van der Waals surface area contributed by atoms with Crippen LogP contribution < -0.4 is 15.0 Å². The summed E-state index contributed by atoms with van der Waals surface area (Å²) in [5.74, 6) is 2.09. The van der Waals surface area contributed by atoms with E-state index < -0.39 is 0 Å². The van der Waals surface area contributed by atoms with Crippen molar-refractivity contribution in [3.05, 3.63) is 87.2 Å². The van der Waals surface area contributed by atoms with Crippen LogP contribution in [0.1, 0.15) is 30.8 Å². The van der Waals surface area contributed by atoms with E-state index in [9.17, 15) is 4.79 Å². The second-order valence-corrected chi connectivity index (χ2v) is 7.43. The molecule has 8 heteroatoms. The molecule has 0 bridgehead atoms. The summed E-state index contributed by atoms with van der Waals surface area (Å²) in [6, 6.07) is 13.2. The van der Waals surface area contributed by atoms with E-state index in [-0.39, 0.29) is 5.56 Å². The molecule has 0 unspecified atom stereocenters. The van der Waals surface area contributed by atoms with Crippen molar-refractivity contribution in [3.8, 4) is 11.5 Å². The van der Waals surface area contributed by atoms with Gasteiger partial charge in [0.15, 0.2) is 11.5 Å². The van der Waals surface area contributed by atoms with Gasteiger partial charge in [-0.25, -0.2) is 0 Å². The molecule has 2 aromatic carbocycles. The van der Waals surface area contributed by atoms with Crippen molar-refractivity contribution in [3.63, 3.8) is 0 Å². The van der Waals surface area contributed by atoms with Crippen LogP contribution in [-0.4, -0.2) is 32.4 Å². The SMILES string of the molecule is CCOc1ccc(Cc2nnc3c(=O)n(Cc4ccc(Cl)cc4)ccn23)cc1OCC. The van der Waals surface area contributed by atoms with Crippen LogP contribution in [0.3, 0.4) is 0 Å². The largest absolute Gasteiger partial charge is 0.490 e. The molecule has 2 heterocycles. The lowest BCUT2D eigenvalue weighted by atomic mass is 10.1. The monoisotopic (exact) mass is 438 g/mol. The van der Waals surface area contributed by atoms with Gasteiger partial charge in [-0.2, -0.15) is 0 Å². The molecular weight excluding hydrogens is 416 g/mol. The smallest absolute Gasteiger partial charge is 0.296 e. The highest BCUT2D eigenvalue weighted by atomic mass is 35.5. The molecule has 0 aliphatic carbocycles. The lowest BCUT2D eigenvalue weighted by Gasteiger charge is -2.12. The standard InChI is InChI=1S/C23H23ClN4O3/c1-3-30-19-10-7-17(13-20(19)31-4-2)14-21-25-26-22-23(29)27(11-12-28(21)22)15-16-5-8-18(24)9-6-16/h5-13H,3-4,14-15H2,1-2H3. The van der Waals surface area contributed by atoms with Gasteiger partial charge < -0.3 is 14.0 Å². The first-order chi connectivity index (χ1) is 15.1. The van der Waals surface area contributed by atoms with Crippen LogP contribution in [0.2, 0.25) is 5.02 Å². The fourth-order valence-electron chi connectivity index (χ4n) is 3.39. The minimum Gasteiger partial charge on any atom is -0.490 e. The number of hydrogen-bond acceptors (Lipinski definition) is 5. The van der Waals surface area contributed by atoms with Gasteiger partial charge in [-0.1, -0.05) is 29.8 Å². The summed E-state index contributed by atoms with van der Waals surface area (Å²) in [5.41, 5.74) is 2.07. The Balaban J connectivity index is 1.61. The van der Waals surface area contributed by atoms with E-state index in [1.807, 2.05) is 62.5 Å². The zero-order chi connectivity index (χ0) is 21.8. The first-order valence-electron chi connectivity index (χ1n) is 10.1. The normalized spacial score (nSPS) is 11.1. The van der Waals surface area contributed by atoms with Gasteiger partial charge >= 0.3 is 0 Å². The summed E-state index contributed by atoms with van der Waals surface area (Å²) in [4.78, 5) is 12.9. The van der Waals surface area contributed by atoms with Crippen molar-refractivity contribution in [1.82, 2.24) is 19.2 Å². The number of benzene rings is 2. The summed E-state index contributed by atoms with van der Waals surface area (Å²) >= 11 is 5.94. The molecule has 4 aromatic rings. The maximum absolute atomic E-state index is 12.9. The zero-order valence-corrected chi connectivity index (χ0v) is 18.2. The fraction of sp³-hybridized carbons (Fsp3) is 0.261. The van der Waals surface area contributed by atoms with E-state index in [2.05, 4.69) is 10.2 Å². The number of ether oxygens (including phenoxy) is 2. The summed E-state index contributed by atoms with van der Waals surface area (Å²) in [6.07, 6.45) is 4.08. The molecule has 4 rings (SSSR count). The molecule has 0 atom stereocenters. The van der Waals surface area contributed by atoms with E-state index in [4.69, 9.17) is 21.1 Å². The molecule has 7 nitrogen and oxygen atoms in total. The van der Waals surface area contributed by atoms with Gasteiger partial charge in [-0.05, 0) is 49.2 Å².